The van der Waals surface area contributed by atoms with Crippen molar-refractivity contribution >= 4 is 160 Å². The van der Waals surface area contributed by atoms with Gasteiger partial charge in [0.2, 0.25) is 0 Å². The van der Waals surface area contributed by atoms with E-state index in [-0.39, 0.29) is 6.71 Å². The summed E-state index contributed by atoms with van der Waals surface area (Å²) in [5, 5.41) is 13.6. The number of para-hydroxylation sites is 5. The van der Waals surface area contributed by atoms with Crippen molar-refractivity contribution in [1.82, 2.24) is 4.57 Å². The molecule has 0 saturated carbocycles. The summed E-state index contributed by atoms with van der Waals surface area (Å²) in [7, 11) is 0. The number of hydrogen-bond donors (Lipinski definition) is 0. The maximum absolute atomic E-state index is 2.74. The molecule has 0 radical (unpaired) electrons. The number of aromatic nitrogens is 1. The van der Waals surface area contributed by atoms with Crippen LogP contribution in [0.5, 0.6) is 0 Å². The van der Waals surface area contributed by atoms with Crippen molar-refractivity contribution in [3.05, 3.63) is 406 Å². The van der Waals surface area contributed by atoms with Gasteiger partial charge in [0.1, 0.15) is 0 Å². The standard InChI is InChI=1S/C106H67BN4S/c1-6-28-69(29-7-1)83-48-26-49-84(70-30-8-2-9-31-70)103(83)110-96-66-80(108(79-43-14-5-15-44-79)93-55-25-37-68-36-16-17-45-82(68)93)59-61-92(96)107-102-97(110)64-78(75-40-23-41-76(62-75)91-63-77-42-22-38-73-56-57-74-39-24-52-89(91)101(74)100(73)77)65-98(102)111(104-85(71-32-10-3-11-33-71)50-27-51-86(104)72-34-12-4-13-35-72)105-90-60-58-81(67-99(90)112-106(105)107)109-94-53-20-18-46-87(94)88-47-19-21-54-95(88)109/h1-67H. The van der Waals surface area contributed by atoms with Gasteiger partial charge in [-0.15, -0.1) is 11.3 Å². The number of benzene rings is 19. The van der Waals surface area contributed by atoms with E-state index in [1.54, 1.807) is 0 Å². The van der Waals surface area contributed by atoms with Crippen LogP contribution in [0, 0.1) is 0 Å². The average molecular weight is 1440 g/mol. The summed E-state index contributed by atoms with van der Waals surface area (Å²) in [6.07, 6.45) is 0. The molecule has 0 spiro atoms. The molecule has 6 heteroatoms. The molecule has 4 nitrogen and oxygen atoms in total. The highest BCUT2D eigenvalue weighted by molar-refractivity contribution is 7.33. The molecule has 0 bridgehead atoms. The molecule has 0 unspecified atom stereocenters. The van der Waals surface area contributed by atoms with Crippen molar-refractivity contribution in [2.45, 2.75) is 0 Å². The third-order valence-electron chi connectivity index (χ3n) is 23.6. The molecule has 520 valence electrons. The average Bonchev–Trinajstić information content (AvgIpc) is 1.29. The Bertz CT molecular complexity index is 7160. The number of rotatable bonds is 12. The molecule has 2 aliphatic rings. The molecular formula is C106H67BN4S. The van der Waals surface area contributed by atoms with Crippen LogP contribution in [0.4, 0.5) is 51.2 Å². The lowest BCUT2D eigenvalue weighted by atomic mass is 9.36. The van der Waals surface area contributed by atoms with E-state index in [4.69, 9.17) is 0 Å². The van der Waals surface area contributed by atoms with Crippen LogP contribution >= 0.6 is 11.3 Å². The van der Waals surface area contributed by atoms with Gasteiger partial charge < -0.3 is 19.3 Å². The summed E-state index contributed by atoms with van der Waals surface area (Å²) in [4.78, 5) is 7.93. The lowest BCUT2D eigenvalue weighted by Crippen LogP contribution is -2.60. The van der Waals surface area contributed by atoms with Gasteiger partial charge in [0.05, 0.1) is 33.8 Å². The van der Waals surface area contributed by atoms with E-state index < -0.39 is 0 Å². The Hall–Kier alpha value is -14.3. The molecule has 0 N–H and O–H groups in total. The molecule has 19 aromatic carbocycles. The largest absolute Gasteiger partial charge is 0.310 e. The third kappa shape index (κ3) is 9.95. The number of fused-ring (bicyclic) bond motifs is 10. The normalized spacial score (nSPS) is 12.4. The second-order valence-corrected chi connectivity index (χ2v) is 30.8. The zero-order valence-corrected chi connectivity index (χ0v) is 61.8. The number of nitrogens with zero attached hydrogens (tertiary/aromatic N) is 4. The fourth-order valence-electron chi connectivity index (χ4n) is 18.8. The fraction of sp³-hybridized carbons (Fsp3) is 0. The van der Waals surface area contributed by atoms with Crippen LogP contribution < -0.4 is 30.4 Å². The van der Waals surface area contributed by atoms with Gasteiger partial charge in [-0.25, -0.2) is 0 Å². The predicted octanol–water partition coefficient (Wildman–Crippen LogP) is 27.6. The van der Waals surface area contributed by atoms with Crippen molar-refractivity contribution in [2.24, 2.45) is 0 Å². The van der Waals surface area contributed by atoms with Crippen LogP contribution in [-0.2, 0) is 0 Å². The zero-order chi connectivity index (χ0) is 73.5. The Labute approximate surface area is 653 Å². The second kappa shape index (κ2) is 25.7. The van der Waals surface area contributed by atoms with E-state index in [0.29, 0.717) is 0 Å². The van der Waals surface area contributed by atoms with E-state index in [0.717, 1.165) is 112 Å². The van der Waals surface area contributed by atoms with Crippen molar-refractivity contribution in [1.29, 1.82) is 0 Å². The van der Waals surface area contributed by atoms with Gasteiger partial charge in [0.15, 0.2) is 0 Å². The minimum absolute atomic E-state index is 0.280. The Kier molecular flexibility index (Phi) is 14.6. The molecule has 0 saturated heterocycles. The van der Waals surface area contributed by atoms with Crippen LogP contribution in [0.1, 0.15) is 0 Å². The smallest absolute Gasteiger partial charge is 0.264 e. The van der Waals surface area contributed by atoms with E-state index in [2.05, 4.69) is 426 Å². The van der Waals surface area contributed by atoms with Crippen LogP contribution in [0.15, 0.2) is 406 Å². The number of anilines is 9. The Morgan fingerprint density at radius 2 is 0.741 bits per heavy atom. The first-order valence-corrected chi connectivity index (χ1v) is 39.5. The molecule has 2 aromatic heterocycles. The highest BCUT2D eigenvalue weighted by Crippen LogP contribution is 2.57. The van der Waals surface area contributed by atoms with Gasteiger partial charge in [-0.2, -0.15) is 0 Å². The van der Waals surface area contributed by atoms with E-state index in [1.165, 1.54) is 102 Å². The maximum atomic E-state index is 2.74. The third-order valence-corrected chi connectivity index (χ3v) is 24.8. The highest BCUT2D eigenvalue weighted by Gasteiger charge is 2.47. The molecular weight excluding hydrogens is 1370 g/mol. The van der Waals surface area contributed by atoms with Gasteiger partial charge in [0, 0.05) is 87.4 Å². The second-order valence-electron chi connectivity index (χ2n) is 29.7. The topological polar surface area (TPSA) is 14.7 Å². The first-order chi connectivity index (χ1) is 55.6. The van der Waals surface area contributed by atoms with Crippen molar-refractivity contribution in [3.63, 3.8) is 0 Å². The summed E-state index contributed by atoms with van der Waals surface area (Å²) in [6.45, 7) is -0.280. The molecule has 23 rings (SSSR count). The predicted molar refractivity (Wildman–Crippen MR) is 479 cm³/mol. The van der Waals surface area contributed by atoms with Gasteiger partial charge in [-0.05, 0) is 178 Å². The molecule has 4 heterocycles. The Morgan fingerprint density at radius 3 is 1.38 bits per heavy atom. The summed E-state index contributed by atoms with van der Waals surface area (Å²) in [5.41, 5.74) is 29.4. The molecule has 0 amide bonds. The lowest BCUT2D eigenvalue weighted by Gasteiger charge is -2.45. The maximum Gasteiger partial charge on any atom is 0.264 e. The minimum Gasteiger partial charge on any atom is -0.310 e. The summed E-state index contributed by atoms with van der Waals surface area (Å²) in [6, 6.07) is 153. The van der Waals surface area contributed by atoms with E-state index in [9.17, 15) is 0 Å². The summed E-state index contributed by atoms with van der Waals surface area (Å²) in [5.74, 6) is 0. The van der Waals surface area contributed by atoms with Crippen molar-refractivity contribution in [2.75, 3.05) is 14.7 Å². The molecule has 0 atom stereocenters. The van der Waals surface area contributed by atoms with Crippen LogP contribution in [0.3, 0.4) is 0 Å². The van der Waals surface area contributed by atoms with Gasteiger partial charge >= 0.3 is 0 Å². The SMILES string of the molecule is c1ccc(-c2cccc(-c3ccccc3)c2N2c3cc(N(c4ccccc4)c4cccc5ccccc45)ccc3B3c4sc5cc(-n6c7ccccc7c7ccccc76)ccc5c4N(c4c(-c5ccccc5)cccc4-c4ccccc4)c4cc(-c5cccc(-c6cc7cccc8ccc9cccc6c9c87)c5)cc2c43)cc1. The summed E-state index contributed by atoms with van der Waals surface area (Å²) < 4.78 is 4.96. The van der Waals surface area contributed by atoms with Gasteiger partial charge in [0.25, 0.3) is 6.71 Å². The van der Waals surface area contributed by atoms with E-state index >= 15 is 0 Å². The first-order valence-electron chi connectivity index (χ1n) is 38.7. The summed E-state index contributed by atoms with van der Waals surface area (Å²) >= 11 is 1.95. The highest BCUT2D eigenvalue weighted by atomic mass is 32.1. The van der Waals surface area contributed by atoms with E-state index in [1.807, 2.05) is 11.3 Å². The molecule has 2 aliphatic heterocycles. The lowest BCUT2D eigenvalue weighted by molar-refractivity contribution is 1.19. The van der Waals surface area contributed by atoms with Gasteiger partial charge in [-0.3, -0.25) is 0 Å². The quantitative estimate of drug-likeness (QED) is 0.0895. The molecule has 0 aliphatic carbocycles. The molecule has 112 heavy (non-hydrogen) atoms. The monoisotopic (exact) mass is 1440 g/mol. The number of hydrogen-bond acceptors (Lipinski definition) is 4. The Balaban J connectivity index is 0.883. The number of thiophene rings is 1. The van der Waals surface area contributed by atoms with Gasteiger partial charge in [-0.1, -0.05) is 322 Å². The van der Waals surface area contributed by atoms with Crippen LogP contribution in [0.2, 0.25) is 0 Å². The minimum atomic E-state index is -0.280. The van der Waals surface area contributed by atoms with Crippen molar-refractivity contribution < 1.29 is 0 Å². The van der Waals surface area contributed by atoms with Crippen LogP contribution in [0.25, 0.3) is 147 Å². The van der Waals surface area contributed by atoms with Crippen molar-refractivity contribution in [3.8, 4) is 72.4 Å². The zero-order valence-electron chi connectivity index (χ0n) is 61.0. The molecule has 21 aromatic rings. The molecule has 0 fully saturated rings. The Morgan fingerprint density at radius 1 is 0.259 bits per heavy atom. The fourth-order valence-corrected chi connectivity index (χ4v) is 20.2. The van der Waals surface area contributed by atoms with Crippen LogP contribution in [-0.4, -0.2) is 11.3 Å². The first kappa shape index (κ1) is 63.8.